The van der Waals surface area contributed by atoms with Crippen LogP contribution in [0.3, 0.4) is 0 Å². The fourth-order valence-corrected chi connectivity index (χ4v) is 3.60. The Morgan fingerprint density at radius 1 is 1.10 bits per heavy atom. The molecule has 1 amide bonds. The zero-order valence-corrected chi connectivity index (χ0v) is 17.5. The van der Waals surface area contributed by atoms with Crippen LogP contribution < -0.4 is 10.2 Å². The first kappa shape index (κ1) is 21.1. The lowest BCUT2D eigenvalue weighted by Crippen LogP contribution is -2.44. The number of carboxylic acids is 1. The minimum absolute atomic E-state index is 0.00531. The number of amides is 1. The summed E-state index contributed by atoms with van der Waals surface area (Å²) in [4.78, 5) is 36.3. The van der Waals surface area contributed by atoms with Crippen LogP contribution in [0.15, 0.2) is 6.07 Å². The van der Waals surface area contributed by atoms with Crippen molar-refractivity contribution in [2.24, 2.45) is 0 Å². The monoisotopic (exact) mass is 405 g/mol. The molecule has 1 aromatic heterocycles. The van der Waals surface area contributed by atoms with Crippen molar-refractivity contribution in [3.63, 3.8) is 0 Å². The van der Waals surface area contributed by atoms with Gasteiger partial charge in [-0.25, -0.2) is 14.6 Å². The van der Waals surface area contributed by atoms with E-state index in [1.54, 1.807) is 4.90 Å². The number of hydrogen-bond donors (Lipinski definition) is 2. The summed E-state index contributed by atoms with van der Waals surface area (Å²) in [6.45, 7) is 8.43. The SMILES string of the molecule is CC(C)(C)OC(=O)N1CCC(Nc2cc(C(=O)O)nc(N3CCCCC3)n2)CC1. The molecular formula is C20H31N5O4. The van der Waals surface area contributed by atoms with Gasteiger partial charge in [-0.2, -0.15) is 4.98 Å². The van der Waals surface area contributed by atoms with Crippen molar-refractivity contribution >= 4 is 23.8 Å². The molecule has 0 bridgehead atoms. The number of carbonyl (C=O) groups excluding carboxylic acids is 1. The molecule has 2 saturated heterocycles. The molecule has 2 aliphatic rings. The predicted octanol–water partition coefficient (Wildman–Crippen LogP) is 2.98. The van der Waals surface area contributed by atoms with Crippen LogP contribution in [-0.4, -0.2) is 69.9 Å². The standard InChI is InChI=1S/C20H31N5O4/c1-20(2,3)29-19(28)25-11-7-14(8-12-25)21-16-13-15(17(26)27)22-18(23-16)24-9-5-4-6-10-24/h13-14H,4-12H2,1-3H3,(H,26,27)(H,21,22,23). The minimum Gasteiger partial charge on any atom is -0.477 e. The molecule has 0 unspecified atom stereocenters. The molecule has 0 radical (unpaired) electrons. The van der Waals surface area contributed by atoms with Gasteiger partial charge in [0.1, 0.15) is 11.4 Å². The Balaban J connectivity index is 1.63. The molecular weight excluding hydrogens is 374 g/mol. The van der Waals surface area contributed by atoms with Gasteiger partial charge >= 0.3 is 12.1 Å². The van der Waals surface area contributed by atoms with E-state index in [0.29, 0.717) is 24.9 Å². The Hall–Kier alpha value is -2.58. The van der Waals surface area contributed by atoms with Gasteiger partial charge in [-0.05, 0) is 52.9 Å². The van der Waals surface area contributed by atoms with Crippen LogP contribution in [0.4, 0.5) is 16.6 Å². The summed E-state index contributed by atoms with van der Waals surface area (Å²) >= 11 is 0. The molecule has 3 heterocycles. The fourth-order valence-electron chi connectivity index (χ4n) is 3.60. The molecule has 0 saturated carbocycles. The van der Waals surface area contributed by atoms with E-state index in [0.717, 1.165) is 38.8 Å². The smallest absolute Gasteiger partial charge is 0.410 e. The van der Waals surface area contributed by atoms with Crippen molar-refractivity contribution in [3.05, 3.63) is 11.8 Å². The van der Waals surface area contributed by atoms with Crippen LogP contribution in [0.2, 0.25) is 0 Å². The molecule has 3 rings (SSSR count). The quantitative estimate of drug-likeness (QED) is 0.787. The van der Waals surface area contributed by atoms with Crippen molar-refractivity contribution in [3.8, 4) is 0 Å². The van der Waals surface area contributed by atoms with Gasteiger partial charge < -0.3 is 25.0 Å². The zero-order chi connectivity index (χ0) is 21.0. The number of hydrogen-bond acceptors (Lipinski definition) is 7. The molecule has 2 fully saturated rings. The number of aromatic nitrogens is 2. The molecule has 9 heteroatoms. The summed E-state index contributed by atoms with van der Waals surface area (Å²) in [5, 5.41) is 12.8. The number of rotatable bonds is 4. The van der Waals surface area contributed by atoms with Gasteiger partial charge in [-0.1, -0.05) is 0 Å². The van der Waals surface area contributed by atoms with Crippen molar-refractivity contribution in [1.82, 2.24) is 14.9 Å². The summed E-state index contributed by atoms with van der Waals surface area (Å²) in [5.41, 5.74) is -0.514. The zero-order valence-electron chi connectivity index (χ0n) is 17.5. The molecule has 0 aromatic carbocycles. The molecule has 0 spiro atoms. The third-order valence-electron chi connectivity index (χ3n) is 5.07. The maximum atomic E-state index is 12.2. The highest BCUT2D eigenvalue weighted by atomic mass is 16.6. The average Bonchev–Trinajstić information content (AvgIpc) is 2.67. The van der Waals surface area contributed by atoms with Crippen LogP contribution in [0.5, 0.6) is 0 Å². The van der Waals surface area contributed by atoms with E-state index in [2.05, 4.69) is 15.3 Å². The number of likely N-dealkylation sites (tertiary alicyclic amines) is 1. The Morgan fingerprint density at radius 3 is 2.34 bits per heavy atom. The van der Waals surface area contributed by atoms with Gasteiger partial charge in [0.25, 0.3) is 0 Å². The van der Waals surface area contributed by atoms with Gasteiger partial charge in [-0.3, -0.25) is 0 Å². The van der Waals surface area contributed by atoms with E-state index in [4.69, 9.17) is 4.74 Å². The largest absolute Gasteiger partial charge is 0.477 e. The number of nitrogens with zero attached hydrogens (tertiary/aromatic N) is 4. The lowest BCUT2D eigenvalue weighted by molar-refractivity contribution is 0.0210. The first-order valence-electron chi connectivity index (χ1n) is 10.3. The number of anilines is 2. The molecule has 0 aliphatic carbocycles. The molecule has 2 N–H and O–H groups in total. The van der Waals surface area contributed by atoms with E-state index >= 15 is 0 Å². The number of carbonyl (C=O) groups is 2. The Kier molecular flexibility index (Phi) is 6.44. The summed E-state index contributed by atoms with van der Waals surface area (Å²) in [7, 11) is 0. The van der Waals surface area contributed by atoms with E-state index < -0.39 is 11.6 Å². The Labute approximate surface area is 171 Å². The van der Waals surface area contributed by atoms with E-state index in [9.17, 15) is 14.7 Å². The Bertz CT molecular complexity index is 735. The van der Waals surface area contributed by atoms with Gasteiger partial charge in [0, 0.05) is 38.3 Å². The van der Waals surface area contributed by atoms with Crippen molar-refractivity contribution in [1.29, 1.82) is 0 Å². The van der Waals surface area contributed by atoms with Crippen molar-refractivity contribution in [2.75, 3.05) is 36.4 Å². The van der Waals surface area contributed by atoms with Gasteiger partial charge in [0.15, 0.2) is 5.69 Å². The van der Waals surface area contributed by atoms with Gasteiger partial charge in [0.2, 0.25) is 5.95 Å². The van der Waals surface area contributed by atoms with Crippen LogP contribution in [0.1, 0.15) is 63.4 Å². The highest BCUT2D eigenvalue weighted by molar-refractivity contribution is 5.86. The number of nitrogens with one attached hydrogen (secondary N) is 1. The second-order valence-electron chi connectivity index (χ2n) is 8.68. The highest BCUT2D eigenvalue weighted by Gasteiger charge is 2.27. The normalized spacial score (nSPS) is 18.4. The summed E-state index contributed by atoms with van der Waals surface area (Å²) in [5.74, 6) is -0.0690. The first-order chi connectivity index (χ1) is 13.7. The molecule has 1 aromatic rings. The third-order valence-corrected chi connectivity index (χ3v) is 5.07. The highest BCUT2D eigenvalue weighted by Crippen LogP contribution is 2.22. The molecule has 0 atom stereocenters. The minimum atomic E-state index is -1.06. The third kappa shape index (κ3) is 5.95. The van der Waals surface area contributed by atoms with Crippen LogP contribution in [0, 0.1) is 0 Å². The molecule has 2 aliphatic heterocycles. The summed E-state index contributed by atoms with van der Waals surface area (Å²) in [6, 6.07) is 1.59. The fraction of sp³-hybridized carbons (Fsp3) is 0.700. The summed E-state index contributed by atoms with van der Waals surface area (Å²) < 4.78 is 5.43. The maximum absolute atomic E-state index is 12.2. The van der Waals surface area contributed by atoms with Crippen LogP contribution >= 0.6 is 0 Å². The van der Waals surface area contributed by atoms with Crippen molar-refractivity contribution in [2.45, 2.75) is 64.5 Å². The lowest BCUT2D eigenvalue weighted by atomic mass is 10.1. The lowest BCUT2D eigenvalue weighted by Gasteiger charge is -2.34. The van der Waals surface area contributed by atoms with Gasteiger partial charge in [-0.15, -0.1) is 0 Å². The van der Waals surface area contributed by atoms with Crippen LogP contribution in [-0.2, 0) is 4.74 Å². The second kappa shape index (κ2) is 8.84. The molecule has 9 nitrogen and oxygen atoms in total. The topological polar surface area (TPSA) is 108 Å². The Morgan fingerprint density at radius 2 is 1.76 bits per heavy atom. The van der Waals surface area contributed by atoms with E-state index in [1.165, 1.54) is 12.5 Å². The van der Waals surface area contributed by atoms with Gasteiger partial charge in [0.05, 0.1) is 0 Å². The number of carboxylic acid groups (broad SMARTS) is 1. The average molecular weight is 405 g/mol. The number of piperidine rings is 2. The molecule has 160 valence electrons. The van der Waals surface area contributed by atoms with Crippen molar-refractivity contribution < 1.29 is 19.4 Å². The number of ether oxygens (including phenoxy) is 1. The predicted molar refractivity (Wildman–Crippen MR) is 110 cm³/mol. The van der Waals surface area contributed by atoms with Crippen LogP contribution in [0.25, 0.3) is 0 Å². The first-order valence-corrected chi connectivity index (χ1v) is 10.3. The maximum Gasteiger partial charge on any atom is 0.410 e. The molecule has 29 heavy (non-hydrogen) atoms. The number of aromatic carboxylic acids is 1. The second-order valence-corrected chi connectivity index (χ2v) is 8.68. The van der Waals surface area contributed by atoms with E-state index in [-0.39, 0.29) is 17.8 Å². The summed E-state index contributed by atoms with van der Waals surface area (Å²) in [6.07, 6.45) is 4.49. The van der Waals surface area contributed by atoms with E-state index in [1.807, 2.05) is 25.7 Å².